The summed E-state index contributed by atoms with van der Waals surface area (Å²) < 4.78 is 28.6. The molecule has 8 nitrogen and oxygen atoms in total. The number of nitrogens with two attached hydrogens (primary N) is 1. The average Bonchev–Trinajstić information content (AvgIpc) is 3.60. The third-order valence-electron chi connectivity index (χ3n) is 12.7. The number of carbonyl (C=O) groups excluding carboxylic acids is 2. The summed E-state index contributed by atoms with van der Waals surface area (Å²) in [6, 6.07) is 1.42. The van der Waals surface area contributed by atoms with Crippen molar-refractivity contribution >= 4 is 11.7 Å². The van der Waals surface area contributed by atoms with Gasteiger partial charge in [0.05, 0.1) is 17.2 Å². The monoisotopic (exact) mass is 666 g/mol. The summed E-state index contributed by atoms with van der Waals surface area (Å²) in [7, 11) is 1.69. The van der Waals surface area contributed by atoms with Gasteiger partial charge in [0.15, 0.2) is 5.78 Å². The van der Waals surface area contributed by atoms with Crippen LogP contribution in [0.3, 0.4) is 0 Å². The van der Waals surface area contributed by atoms with E-state index in [-0.39, 0.29) is 71.4 Å². The van der Waals surface area contributed by atoms with E-state index in [1.54, 1.807) is 14.0 Å². The van der Waals surface area contributed by atoms with Crippen molar-refractivity contribution < 1.29 is 33.7 Å². The van der Waals surface area contributed by atoms with Gasteiger partial charge in [-0.05, 0) is 74.7 Å². The van der Waals surface area contributed by atoms with E-state index in [1.807, 2.05) is 13.8 Å². The molecule has 2 saturated carbocycles. The molecule has 3 aliphatic carbocycles. The molecule has 264 valence electrons. The van der Waals surface area contributed by atoms with Crippen LogP contribution in [0.2, 0.25) is 0 Å². The predicted molar refractivity (Wildman–Crippen MR) is 182 cm³/mol. The number of aliphatic hydroxyl groups is 1. The zero-order chi connectivity index (χ0) is 34.7. The van der Waals surface area contributed by atoms with Gasteiger partial charge in [-0.2, -0.15) is 0 Å². The van der Waals surface area contributed by atoms with E-state index in [0.717, 1.165) is 25.8 Å². The number of aromatic hydroxyl groups is 1. The van der Waals surface area contributed by atoms with Crippen LogP contribution in [0.15, 0.2) is 28.7 Å². The number of ether oxygens (including phenoxy) is 2. The molecule has 2 aliphatic heterocycles. The van der Waals surface area contributed by atoms with Crippen molar-refractivity contribution in [2.24, 2.45) is 46.7 Å². The molecule has 0 bridgehead atoms. The number of carbonyl (C=O) groups is 2. The SMILES string of the molecule is COC1CN(Cc2cc(O)c3c(c2F)CC(C)C[C@@H](C/C(O)=C(/C(N)=O)C(C)CCC2CCC2)[C@@]2(C)/C(=C(\C)C3=O)OC3CC32)CC1C. The van der Waals surface area contributed by atoms with Crippen LogP contribution in [0, 0.1) is 46.7 Å². The highest BCUT2D eigenvalue weighted by atomic mass is 19.1. The van der Waals surface area contributed by atoms with Gasteiger partial charge < -0.3 is 25.4 Å². The van der Waals surface area contributed by atoms with Gasteiger partial charge in [-0.3, -0.25) is 14.5 Å². The largest absolute Gasteiger partial charge is 0.512 e. The quantitative estimate of drug-likeness (QED) is 0.182. The molecule has 1 aromatic carbocycles. The number of fused-ring (bicyclic) bond motifs is 4. The fourth-order valence-corrected chi connectivity index (χ4v) is 9.56. The number of hydrogen-bond acceptors (Lipinski definition) is 7. The van der Waals surface area contributed by atoms with Crippen molar-refractivity contribution in [2.75, 3.05) is 20.2 Å². The molecule has 4 N–H and O–H groups in total. The molecule has 6 unspecified atom stereocenters. The molecule has 6 rings (SSSR count). The van der Waals surface area contributed by atoms with Gasteiger partial charge >= 0.3 is 0 Å². The van der Waals surface area contributed by atoms with Gasteiger partial charge in [-0.25, -0.2) is 4.39 Å². The van der Waals surface area contributed by atoms with Crippen LogP contribution < -0.4 is 5.73 Å². The van der Waals surface area contributed by atoms with Crippen molar-refractivity contribution in [1.82, 2.24) is 4.90 Å². The number of rotatable bonds is 10. The first-order valence-corrected chi connectivity index (χ1v) is 18.2. The van der Waals surface area contributed by atoms with Gasteiger partial charge in [0, 0.05) is 61.2 Å². The van der Waals surface area contributed by atoms with Gasteiger partial charge in [0.1, 0.15) is 29.2 Å². The fourth-order valence-electron chi connectivity index (χ4n) is 9.56. The summed E-state index contributed by atoms with van der Waals surface area (Å²) in [4.78, 5) is 29.2. The number of phenols is 1. The number of aliphatic hydroxyl groups excluding tert-OH is 1. The number of amides is 1. The van der Waals surface area contributed by atoms with Crippen LogP contribution in [0.25, 0.3) is 0 Å². The minimum atomic E-state index is -0.594. The maximum absolute atomic E-state index is 16.6. The van der Waals surface area contributed by atoms with E-state index >= 15 is 4.39 Å². The van der Waals surface area contributed by atoms with Crippen LogP contribution >= 0.6 is 0 Å². The van der Waals surface area contributed by atoms with Crippen molar-refractivity contribution in [2.45, 2.75) is 111 Å². The Kier molecular flexibility index (Phi) is 9.77. The molecular weight excluding hydrogens is 611 g/mol. The smallest absolute Gasteiger partial charge is 0.248 e. The maximum Gasteiger partial charge on any atom is 0.248 e. The summed E-state index contributed by atoms with van der Waals surface area (Å²) >= 11 is 0. The normalized spacial score (nSPS) is 34.8. The minimum absolute atomic E-state index is 0.0154. The third-order valence-corrected chi connectivity index (χ3v) is 12.7. The zero-order valence-corrected chi connectivity index (χ0v) is 29.6. The first kappa shape index (κ1) is 34.9. The molecule has 0 radical (unpaired) electrons. The van der Waals surface area contributed by atoms with Gasteiger partial charge in [-0.15, -0.1) is 0 Å². The maximum atomic E-state index is 16.6. The standard InChI is InChI=1S/C39H55FN2O6/c1-20-12-26(15-30(44)33(38(41)46)21(2)10-11-24-8-7-9-24)39(5)28-16-31(28)48-37(39)23(4)36(45)34-27(13-20)35(40)25(14-29(34)43)18-42-17-22(3)32(19-42)47-6/h14,20-22,24,26,28,31-32,43-44H,7-13,15-19H2,1-6H3,(H2,41,46)/b33-30-,37-23-/t20?,21?,22?,26-,28?,31?,32?,39+/m0/s1. The molecule has 2 saturated heterocycles. The summed E-state index contributed by atoms with van der Waals surface area (Å²) in [6.07, 6.45) is 7.46. The number of halogens is 1. The van der Waals surface area contributed by atoms with E-state index < -0.39 is 22.9 Å². The summed E-state index contributed by atoms with van der Waals surface area (Å²) in [5.74, 6) is -0.418. The number of hydrogen-bond donors (Lipinski definition) is 3. The number of nitrogens with zero attached hydrogens (tertiary/aromatic N) is 1. The molecule has 8 atom stereocenters. The Morgan fingerprint density at radius 1 is 1.25 bits per heavy atom. The number of Topliss-reactive ketones (excluding diaryl/α,β-unsaturated/α-hetero) is 1. The number of allylic oxidation sites excluding steroid dienone is 3. The lowest BCUT2D eigenvalue weighted by Crippen LogP contribution is -2.35. The second kappa shape index (κ2) is 13.4. The molecular formula is C39H55FN2O6. The molecule has 4 fully saturated rings. The number of primary amides is 1. The van der Waals surface area contributed by atoms with Crippen LogP contribution in [-0.2, 0) is 27.2 Å². The Hall–Kier alpha value is -2.91. The van der Waals surface area contributed by atoms with Crippen LogP contribution in [-0.4, -0.2) is 59.2 Å². The topological polar surface area (TPSA) is 122 Å². The van der Waals surface area contributed by atoms with Crippen molar-refractivity contribution in [3.63, 3.8) is 0 Å². The van der Waals surface area contributed by atoms with E-state index in [1.165, 1.54) is 25.3 Å². The molecule has 0 spiro atoms. The molecule has 48 heavy (non-hydrogen) atoms. The fraction of sp³-hybridized carbons (Fsp3) is 0.692. The number of ketones is 1. The summed E-state index contributed by atoms with van der Waals surface area (Å²) in [5, 5.41) is 23.0. The van der Waals surface area contributed by atoms with E-state index in [0.29, 0.717) is 53.8 Å². The van der Waals surface area contributed by atoms with Crippen molar-refractivity contribution in [3.8, 4) is 5.75 Å². The first-order valence-electron chi connectivity index (χ1n) is 18.2. The van der Waals surface area contributed by atoms with E-state index in [4.69, 9.17) is 15.2 Å². The highest BCUT2D eigenvalue weighted by Gasteiger charge is 2.64. The molecule has 9 heteroatoms. The Morgan fingerprint density at radius 2 is 1.98 bits per heavy atom. The van der Waals surface area contributed by atoms with Gasteiger partial charge in [0.2, 0.25) is 5.91 Å². The lowest BCUT2D eigenvalue weighted by Gasteiger charge is -2.39. The van der Waals surface area contributed by atoms with Gasteiger partial charge in [-0.1, -0.05) is 47.0 Å². The highest BCUT2D eigenvalue weighted by Crippen LogP contribution is 2.65. The lowest BCUT2D eigenvalue weighted by atomic mass is 9.65. The number of benzene rings is 1. The summed E-state index contributed by atoms with van der Waals surface area (Å²) in [6.45, 7) is 11.7. The van der Waals surface area contributed by atoms with Crippen molar-refractivity contribution in [1.29, 1.82) is 0 Å². The van der Waals surface area contributed by atoms with Gasteiger partial charge in [0.25, 0.3) is 0 Å². The first-order chi connectivity index (χ1) is 22.7. The molecule has 1 amide bonds. The Labute approximate surface area is 284 Å². The van der Waals surface area contributed by atoms with E-state index in [9.17, 15) is 19.8 Å². The number of likely N-dealkylation sites (tertiary alicyclic amines) is 1. The Bertz CT molecular complexity index is 1520. The Morgan fingerprint density at radius 3 is 2.60 bits per heavy atom. The average molecular weight is 667 g/mol. The molecule has 5 aliphatic rings. The number of methoxy groups -OCH3 is 1. The molecule has 1 aromatic rings. The molecule has 2 heterocycles. The number of phenolic OH excluding ortho intramolecular Hbond substituents is 1. The lowest BCUT2D eigenvalue weighted by molar-refractivity contribution is -0.115. The van der Waals surface area contributed by atoms with Crippen LogP contribution in [0.1, 0.15) is 107 Å². The van der Waals surface area contributed by atoms with Crippen LogP contribution in [0.4, 0.5) is 4.39 Å². The van der Waals surface area contributed by atoms with E-state index in [2.05, 4.69) is 18.7 Å². The second-order valence-corrected chi connectivity index (χ2v) is 16.2. The van der Waals surface area contributed by atoms with Crippen LogP contribution in [0.5, 0.6) is 5.75 Å². The second-order valence-electron chi connectivity index (χ2n) is 16.2. The Balaban J connectivity index is 1.36. The highest BCUT2D eigenvalue weighted by molar-refractivity contribution is 6.11. The van der Waals surface area contributed by atoms with Crippen molar-refractivity contribution in [3.05, 3.63) is 51.2 Å². The minimum Gasteiger partial charge on any atom is -0.512 e. The predicted octanol–water partition coefficient (Wildman–Crippen LogP) is 6.98. The summed E-state index contributed by atoms with van der Waals surface area (Å²) in [5.41, 5.74) is 6.58. The zero-order valence-electron chi connectivity index (χ0n) is 29.6. The molecule has 0 aromatic heterocycles. The third kappa shape index (κ3) is 6.30.